The van der Waals surface area contributed by atoms with Crippen molar-refractivity contribution in [3.05, 3.63) is 6.07 Å². The molecule has 0 radical (unpaired) electrons. The average molecular weight is 461 g/mol. The Labute approximate surface area is 107 Å². The lowest BCUT2D eigenvalue weighted by molar-refractivity contribution is 0.0671. The molecule has 0 unspecified atom stereocenters. The maximum absolute atomic E-state index is 10.7. The minimum absolute atomic E-state index is 0.253. The quantitative estimate of drug-likeness (QED) is 0.477. The van der Waals surface area contributed by atoms with E-state index in [1.54, 1.807) is 6.92 Å². The molecule has 0 bridgehead atoms. The Kier molecular flexibility index (Phi) is 7.95. The molecule has 3 nitrogen and oxygen atoms in total. The maximum Gasteiger partial charge on any atom is 0.508 e. The third kappa shape index (κ3) is 6.46. The fourth-order valence-electron chi connectivity index (χ4n) is 0.336. The van der Waals surface area contributed by atoms with Crippen LogP contribution < -0.4 is 0 Å². The largest absolute Gasteiger partial charge is 0.508 e. The lowest BCUT2D eigenvalue weighted by Crippen LogP contribution is -2.07. The molecule has 0 aliphatic carbocycles. The second kappa shape index (κ2) is 7.36. The molecule has 0 saturated heterocycles. The summed E-state index contributed by atoms with van der Waals surface area (Å²) < 4.78 is 11.2. The van der Waals surface area contributed by atoms with Gasteiger partial charge in [0.05, 0.1) is 9.10 Å². The first-order valence-electron chi connectivity index (χ1n) is 3.07. The molecule has 0 aromatic carbocycles. The predicted octanol–water partition coefficient (Wildman–Crippen LogP) is 3.59. The van der Waals surface area contributed by atoms with Crippen molar-refractivity contribution in [1.29, 1.82) is 0 Å². The minimum Gasteiger partial charge on any atom is -0.435 e. The Bertz CT molecular complexity index is 189. The summed E-state index contributed by atoms with van der Waals surface area (Å²) in [6.07, 6.45) is -0.628. The average Bonchev–Trinajstić information content (AvgIpc) is 2.00. The van der Waals surface area contributed by atoms with E-state index in [1.807, 2.05) is 0 Å². The lowest BCUT2D eigenvalue weighted by atomic mass is 10.7. The highest BCUT2D eigenvalue weighted by atomic mass is 127. The second-order valence-electron chi connectivity index (χ2n) is 1.64. The zero-order valence-corrected chi connectivity index (χ0v) is 12.2. The molecule has 0 aromatic rings. The molecular formula is C6H7BrI2O3. The van der Waals surface area contributed by atoms with Crippen molar-refractivity contribution in [2.45, 2.75) is 6.92 Å². The van der Waals surface area contributed by atoms with Gasteiger partial charge in [0.25, 0.3) is 0 Å². The van der Waals surface area contributed by atoms with Crippen molar-refractivity contribution < 1.29 is 14.3 Å². The molecule has 12 heavy (non-hydrogen) atoms. The van der Waals surface area contributed by atoms with Crippen LogP contribution in [0.4, 0.5) is 4.79 Å². The number of hydrogen-bond acceptors (Lipinski definition) is 3. The molecule has 0 amide bonds. The molecule has 6 heteroatoms. The molecule has 70 valence electrons. The van der Waals surface area contributed by atoms with Crippen molar-refractivity contribution in [1.82, 2.24) is 0 Å². The summed E-state index contributed by atoms with van der Waals surface area (Å²) in [7, 11) is 0. The van der Waals surface area contributed by atoms with E-state index in [0.29, 0.717) is 6.61 Å². The molecular weight excluding hydrogens is 454 g/mol. The van der Waals surface area contributed by atoms with E-state index >= 15 is 0 Å². The van der Waals surface area contributed by atoms with Crippen LogP contribution in [0.25, 0.3) is 0 Å². The monoisotopic (exact) mass is 460 g/mol. The molecule has 0 rings (SSSR count). The van der Waals surface area contributed by atoms with Gasteiger partial charge in [-0.1, -0.05) is 0 Å². The van der Waals surface area contributed by atoms with Crippen LogP contribution in [0.3, 0.4) is 0 Å². The van der Waals surface area contributed by atoms with E-state index in [1.165, 1.54) is 0 Å². The minimum atomic E-state index is -0.628. The highest BCUT2D eigenvalue weighted by Gasteiger charge is 2.04. The number of carbonyl (C=O) groups excluding carboxylic acids is 1. The van der Waals surface area contributed by atoms with E-state index in [9.17, 15) is 4.79 Å². The summed E-state index contributed by atoms with van der Waals surface area (Å²) in [5, 5.41) is 0. The van der Waals surface area contributed by atoms with Gasteiger partial charge < -0.3 is 9.47 Å². The van der Waals surface area contributed by atoms with Gasteiger partial charge in [-0.2, -0.15) is 0 Å². The van der Waals surface area contributed by atoms with E-state index in [0.717, 1.165) is 6.07 Å². The van der Waals surface area contributed by atoms with Gasteiger partial charge in [0.1, 0.15) is 6.61 Å². The molecule has 0 aromatic heterocycles. The third-order valence-corrected chi connectivity index (χ3v) is 4.54. The standard InChI is InChI=1S/C6H7BrI2O3/c1-2-11-6(10)12-3-4(8)5(7)9/h2-3H2,1H3/b5-4-. The Balaban J connectivity index is 3.69. The maximum atomic E-state index is 10.7. The lowest BCUT2D eigenvalue weighted by Gasteiger charge is -2.03. The summed E-state index contributed by atoms with van der Waals surface area (Å²) in [6, 6.07) is 0. The molecule has 0 fully saturated rings. The van der Waals surface area contributed by atoms with Crippen LogP contribution in [0, 0.1) is 0 Å². The number of ether oxygens (including phenoxy) is 2. The van der Waals surface area contributed by atoms with E-state index < -0.39 is 6.16 Å². The Morgan fingerprint density at radius 2 is 2.00 bits per heavy atom. The molecule has 0 aliphatic rings. The summed E-state index contributed by atoms with van der Waals surface area (Å²) in [6.45, 7) is 2.32. The van der Waals surface area contributed by atoms with E-state index in [-0.39, 0.29) is 6.61 Å². The van der Waals surface area contributed by atoms with Gasteiger partial charge in [-0.05, 0) is 68.0 Å². The summed E-state index contributed by atoms with van der Waals surface area (Å²) in [4.78, 5) is 10.7. The first-order valence-corrected chi connectivity index (χ1v) is 6.02. The van der Waals surface area contributed by atoms with Crippen LogP contribution >= 0.6 is 61.1 Å². The molecule has 0 N–H and O–H groups in total. The zero-order valence-electron chi connectivity index (χ0n) is 6.27. The van der Waals surface area contributed by atoms with E-state index in [4.69, 9.17) is 4.74 Å². The van der Waals surface area contributed by atoms with Crippen molar-refractivity contribution in [2.75, 3.05) is 13.2 Å². The molecule has 0 spiro atoms. The first-order chi connectivity index (χ1) is 5.57. The predicted molar refractivity (Wildman–Crippen MR) is 67.0 cm³/mol. The Morgan fingerprint density at radius 3 is 2.42 bits per heavy atom. The van der Waals surface area contributed by atoms with Crippen LogP contribution in [0.15, 0.2) is 6.07 Å². The normalized spacial score (nSPS) is 12.0. The van der Waals surface area contributed by atoms with Crippen LogP contribution in [0.1, 0.15) is 6.92 Å². The van der Waals surface area contributed by atoms with Gasteiger partial charge in [-0.15, -0.1) is 0 Å². The highest BCUT2D eigenvalue weighted by Crippen LogP contribution is 2.24. The molecule has 0 heterocycles. The van der Waals surface area contributed by atoms with E-state index in [2.05, 4.69) is 65.8 Å². The van der Waals surface area contributed by atoms with Crippen LogP contribution in [0.2, 0.25) is 0 Å². The van der Waals surface area contributed by atoms with Gasteiger partial charge in [0, 0.05) is 3.58 Å². The number of rotatable bonds is 3. The SMILES string of the molecule is CCOC(=O)OC/C(I)=C(\Br)I. The molecule has 0 atom stereocenters. The van der Waals surface area contributed by atoms with Crippen molar-refractivity contribution in [3.8, 4) is 0 Å². The van der Waals surface area contributed by atoms with Crippen molar-refractivity contribution in [3.63, 3.8) is 0 Å². The number of hydrogen-bond donors (Lipinski definition) is 0. The fraction of sp³-hybridized carbons (Fsp3) is 0.500. The first kappa shape index (κ1) is 12.9. The smallest absolute Gasteiger partial charge is 0.435 e. The second-order valence-corrected chi connectivity index (χ2v) is 6.29. The zero-order chi connectivity index (χ0) is 9.56. The van der Waals surface area contributed by atoms with Crippen molar-refractivity contribution >= 4 is 67.3 Å². The Morgan fingerprint density at radius 1 is 1.42 bits per heavy atom. The summed E-state index contributed by atoms with van der Waals surface area (Å²) in [5.41, 5.74) is 0. The van der Waals surface area contributed by atoms with Crippen LogP contribution in [-0.2, 0) is 9.47 Å². The molecule has 0 saturated carbocycles. The summed E-state index contributed by atoms with van der Waals surface area (Å²) in [5.74, 6) is 0. The van der Waals surface area contributed by atoms with Crippen LogP contribution in [-0.4, -0.2) is 19.4 Å². The van der Waals surface area contributed by atoms with Crippen LogP contribution in [0.5, 0.6) is 0 Å². The van der Waals surface area contributed by atoms with Crippen molar-refractivity contribution in [2.24, 2.45) is 0 Å². The Hall–Kier alpha value is 0.950. The highest BCUT2D eigenvalue weighted by molar-refractivity contribution is 14.1. The van der Waals surface area contributed by atoms with Gasteiger partial charge in [0.15, 0.2) is 0 Å². The number of halogens is 3. The van der Waals surface area contributed by atoms with Gasteiger partial charge in [-0.25, -0.2) is 4.79 Å². The molecule has 0 aliphatic heterocycles. The number of carbonyl (C=O) groups is 1. The van der Waals surface area contributed by atoms with Gasteiger partial charge in [-0.3, -0.25) is 0 Å². The van der Waals surface area contributed by atoms with Gasteiger partial charge in [0.2, 0.25) is 0 Å². The fourth-order valence-corrected chi connectivity index (χ4v) is 0.762. The topological polar surface area (TPSA) is 35.5 Å². The summed E-state index contributed by atoms with van der Waals surface area (Å²) >= 11 is 7.43. The third-order valence-electron chi connectivity index (χ3n) is 0.784. The van der Waals surface area contributed by atoms with Gasteiger partial charge >= 0.3 is 6.16 Å².